The zero-order valence-electron chi connectivity index (χ0n) is 9.30. The second-order valence-corrected chi connectivity index (χ2v) is 4.30. The number of aliphatic hydroxyl groups is 1. The Kier molecular flexibility index (Phi) is 3.74. The van der Waals surface area contributed by atoms with E-state index in [9.17, 15) is 5.11 Å². The molecule has 1 saturated heterocycles. The largest absolute Gasteiger partial charge is 0.392 e. The highest BCUT2D eigenvalue weighted by Crippen LogP contribution is 2.21. The molecular formula is C12H18N2O2. The van der Waals surface area contributed by atoms with Crippen LogP contribution in [0.4, 0.5) is 5.82 Å². The smallest absolute Gasteiger partial charge is 0.126 e. The second-order valence-electron chi connectivity index (χ2n) is 4.30. The van der Waals surface area contributed by atoms with Crippen molar-refractivity contribution in [2.24, 2.45) is 5.92 Å². The van der Waals surface area contributed by atoms with Gasteiger partial charge in [0, 0.05) is 25.1 Å². The topological polar surface area (TPSA) is 68.4 Å². The molecule has 2 heterocycles. The van der Waals surface area contributed by atoms with Crippen molar-refractivity contribution in [3.8, 4) is 0 Å². The normalized spacial score (nSPS) is 22.9. The van der Waals surface area contributed by atoms with Gasteiger partial charge in [-0.15, -0.1) is 0 Å². The Balaban J connectivity index is 1.96. The number of pyridine rings is 1. The SMILES string of the molecule is Nc1ncccc1CC(O)C1CCCOC1. The molecule has 16 heavy (non-hydrogen) atoms. The van der Waals surface area contributed by atoms with E-state index in [2.05, 4.69) is 4.98 Å². The molecule has 0 aliphatic carbocycles. The van der Waals surface area contributed by atoms with Gasteiger partial charge in [0.05, 0.1) is 12.7 Å². The quantitative estimate of drug-likeness (QED) is 0.800. The number of nitrogens with two attached hydrogens (primary N) is 1. The molecule has 1 aliphatic heterocycles. The van der Waals surface area contributed by atoms with Crippen LogP contribution in [-0.4, -0.2) is 29.4 Å². The Bertz CT molecular complexity index is 338. The van der Waals surface area contributed by atoms with Crippen LogP contribution in [0.3, 0.4) is 0 Å². The van der Waals surface area contributed by atoms with Crippen molar-refractivity contribution in [1.82, 2.24) is 4.98 Å². The van der Waals surface area contributed by atoms with Crippen LogP contribution in [-0.2, 0) is 11.2 Å². The van der Waals surface area contributed by atoms with Gasteiger partial charge in [-0.1, -0.05) is 6.07 Å². The van der Waals surface area contributed by atoms with E-state index in [-0.39, 0.29) is 12.0 Å². The molecule has 4 nitrogen and oxygen atoms in total. The molecule has 2 atom stereocenters. The maximum atomic E-state index is 10.1. The van der Waals surface area contributed by atoms with Gasteiger partial charge >= 0.3 is 0 Å². The van der Waals surface area contributed by atoms with E-state index in [1.54, 1.807) is 6.20 Å². The Morgan fingerprint density at radius 1 is 1.62 bits per heavy atom. The van der Waals surface area contributed by atoms with Crippen LogP contribution in [0.1, 0.15) is 18.4 Å². The zero-order chi connectivity index (χ0) is 11.4. The highest BCUT2D eigenvalue weighted by atomic mass is 16.5. The summed E-state index contributed by atoms with van der Waals surface area (Å²) in [4.78, 5) is 4.01. The molecule has 1 aromatic rings. The van der Waals surface area contributed by atoms with E-state index in [0.29, 0.717) is 18.8 Å². The Morgan fingerprint density at radius 2 is 2.50 bits per heavy atom. The van der Waals surface area contributed by atoms with Crippen LogP contribution >= 0.6 is 0 Å². The van der Waals surface area contributed by atoms with E-state index in [1.165, 1.54) is 0 Å². The zero-order valence-corrected chi connectivity index (χ0v) is 9.30. The highest BCUT2D eigenvalue weighted by molar-refractivity contribution is 5.38. The lowest BCUT2D eigenvalue weighted by Gasteiger charge is -2.26. The molecule has 0 saturated carbocycles. The summed E-state index contributed by atoms with van der Waals surface area (Å²) in [6.45, 7) is 1.47. The van der Waals surface area contributed by atoms with Crippen molar-refractivity contribution < 1.29 is 9.84 Å². The third-order valence-electron chi connectivity index (χ3n) is 3.09. The molecule has 0 bridgehead atoms. The number of nitrogen functional groups attached to an aromatic ring is 1. The van der Waals surface area contributed by atoms with Gasteiger partial charge in [-0.3, -0.25) is 0 Å². The van der Waals surface area contributed by atoms with Crippen LogP contribution in [0.25, 0.3) is 0 Å². The summed E-state index contributed by atoms with van der Waals surface area (Å²) in [6, 6.07) is 3.75. The van der Waals surface area contributed by atoms with Crippen LogP contribution < -0.4 is 5.73 Å². The van der Waals surface area contributed by atoms with E-state index in [4.69, 9.17) is 10.5 Å². The standard InChI is InChI=1S/C12H18N2O2/c13-12-9(3-1-5-14-12)7-11(15)10-4-2-6-16-8-10/h1,3,5,10-11,15H,2,4,6-8H2,(H2,13,14). The summed E-state index contributed by atoms with van der Waals surface area (Å²) in [5.41, 5.74) is 6.66. The van der Waals surface area contributed by atoms with Gasteiger partial charge in [-0.2, -0.15) is 0 Å². The molecule has 0 aromatic carbocycles. The number of ether oxygens (including phenoxy) is 1. The van der Waals surface area contributed by atoms with Gasteiger partial charge in [-0.25, -0.2) is 4.98 Å². The van der Waals surface area contributed by atoms with Gasteiger partial charge in [0.15, 0.2) is 0 Å². The van der Waals surface area contributed by atoms with Crippen molar-refractivity contribution in [3.63, 3.8) is 0 Å². The predicted octanol–water partition coefficient (Wildman–Crippen LogP) is 0.994. The summed E-state index contributed by atoms with van der Waals surface area (Å²) in [7, 11) is 0. The molecule has 2 rings (SSSR count). The van der Waals surface area contributed by atoms with Crippen LogP contribution in [0.2, 0.25) is 0 Å². The number of rotatable bonds is 3. The number of nitrogens with zero attached hydrogens (tertiary/aromatic N) is 1. The average Bonchev–Trinajstić information content (AvgIpc) is 2.33. The molecule has 4 heteroatoms. The molecule has 1 fully saturated rings. The summed E-state index contributed by atoms with van der Waals surface area (Å²) < 4.78 is 5.36. The third-order valence-corrected chi connectivity index (χ3v) is 3.09. The fourth-order valence-corrected chi connectivity index (χ4v) is 2.08. The lowest BCUT2D eigenvalue weighted by molar-refractivity contribution is -0.00844. The summed E-state index contributed by atoms with van der Waals surface area (Å²) in [6.07, 6.45) is 3.90. The molecule has 0 spiro atoms. The lowest BCUT2D eigenvalue weighted by Crippen LogP contribution is -2.30. The molecule has 0 radical (unpaired) electrons. The van der Waals surface area contributed by atoms with Crippen molar-refractivity contribution in [2.45, 2.75) is 25.4 Å². The van der Waals surface area contributed by atoms with E-state index < -0.39 is 0 Å². The number of hydrogen-bond donors (Lipinski definition) is 2. The number of anilines is 1. The van der Waals surface area contributed by atoms with Crippen LogP contribution in [0.5, 0.6) is 0 Å². The molecular weight excluding hydrogens is 204 g/mol. The molecule has 1 aromatic heterocycles. The Hall–Kier alpha value is -1.13. The molecule has 88 valence electrons. The van der Waals surface area contributed by atoms with Crippen LogP contribution in [0.15, 0.2) is 18.3 Å². The molecule has 0 amide bonds. The third kappa shape index (κ3) is 2.71. The first kappa shape index (κ1) is 11.4. The monoisotopic (exact) mass is 222 g/mol. The minimum atomic E-state index is -0.383. The predicted molar refractivity (Wildman–Crippen MR) is 61.9 cm³/mol. The van der Waals surface area contributed by atoms with Crippen molar-refractivity contribution >= 4 is 5.82 Å². The molecule has 2 unspecified atom stereocenters. The molecule has 3 N–H and O–H groups in total. The summed E-state index contributed by atoms with van der Waals surface area (Å²) in [5.74, 6) is 0.742. The first-order valence-electron chi connectivity index (χ1n) is 5.72. The molecule has 1 aliphatic rings. The Labute approximate surface area is 95.4 Å². The lowest BCUT2D eigenvalue weighted by atomic mass is 9.92. The fourth-order valence-electron chi connectivity index (χ4n) is 2.08. The number of aliphatic hydroxyl groups excluding tert-OH is 1. The minimum Gasteiger partial charge on any atom is -0.392 e. The van der Waals surface area contributed by atoms with Crippen molar-refractivity contribution in [2.75, 3.05) is 18.9 Å². The fraction of sp³-hybridized carbons (Fsp3) is 0.583. The Morgan fingerprint density at radius 3 is 3.19 bits per heavy atom. The van der Waals surface area contributed by atoms with E-state index in [1.807, 2.05) is 12.1 Å². The van der Waals surface area contributed by atoms with E-state index in [0.717, 1.165) is 25.0 Å². The first-order chi connectivity index (χ1) is 7.77. The van der Waals surface area contributed by atoms with Gasteiger partial charge in [0.1, 0.15) is 5.82 Å². The van der Waals surface area contributed by atoms with Crippen molar-refractivity contribution in [1.29, 1.82) is 0 Å². The van der Waals surface area contributed by atoms with Crippen molar-refractivity contribution in [3.05, 3.63) is 23.9 Å². The average molecular weight is 222 g/mol. The maximum Gasteiger partial charge on any atom is 0.126 e. The minimum absolute atomic E-state index is 0.230. The van der Waals surface area contributed by atoms with Gasteiger partial charge in [-0.05, 0) is 24.5 Å². The number of hydrogen-bond acceptors (Lipinski definition) is 4. The second kappa shape index (κ2) is 5.27. The number of aromatic nitrogens is 1. The van der Waals surface area contributed by atoms with Gasteiger partial charge in [0.2, 0.25) is 0 Å². The van der Waals surface area contributed by atoms with Gasteiger partial charge in [0.25, 0.3) is 0 Å². The van der Waals surface area contributed by atoms with E-state index >= 15 is 0 Å². The van der Waals surface area contributed by atoms with Crippen LogP contribution in [0, 0.1) is 5.92 Å². The first-order valence-corrected chi connectivity index (χ1v) is 5.72. The van der Waals surface area contributed by atoms with Gasteiger partial charge < -0.3 is 15.6 Å². The summed E-state index contributed by atoms with van der Waals surface area (Å²) >= 11 is 0. The summed E-state index contributed by atoms with van der Waals surface area (Å²) in [5, 5.41) is 10.1. The maximum absolute atomic E-state index is 10.1. The highest BCUT2D eigenvalue weighted by Gasteiger charge is 2.23.